The van der Waals surface area contributed by atoms with Crippen molar-refractivity contribution in [2.45, 2.75) is 5.60 Å². The fourth-order valence-corrected chi connectivity index (χ4v) is 1.82. The number of carbonyl (C=O) groups is 2. The Kier molecular flexibility index (Phi) is 2.48. The summed E-state index contributed by atoms with van der Waals surface area (Å²) in [6.07, 6.45) is 0.819. The van der Waals surface area contributed by atoms with Crippen LogP contribution >= 0.6 is 0 Å². The number of fused-ring (bicyclic) bond motifs is 1. The summed E-state index contributed by atoms with van der Waals surface area (Å²) in [4.78, 5) is 23.3. The lowest BCUT2D eigenvalue weighted by Crippen LogP contribution is -2.46. The van der Waals surface area contributed by atoms with E-state index in [2.05, 4.69) is 4.74 Å². The highest BCUT2D eigenvalue weighted by Crippen LogP contribution is 2.35. The topological polar surface area (TPSA) is 83.8 Å². The average Bonchev–Trinajstić information content (AvgIpc) is 2.35. The number of aliphatic hydroxyl groups is 2. The van der Waals surface area contributed by atoms with E-state index in [0.29, 0.717) is 0 Å². The highest BCUT2D eigenvalue weighted by molar-refractivity contribution is 6.17. The van der Waals surface area contributed by atoms with Crippen LogP contribution in [-0.4, -0.2) is 29.1 Å². The minimum atomic E-state index is -2.38. The van der Waals surface area contributed by atoms with E-state index in [9.17, 15) is 19.8 Å². The summed E-state index contributed by atoms with van der Waals surface area (Å²) < 4.78 is 4.43. The quantitative estimate of drug-likeness (QED) is 0.547. The Morgan fingerprint density at radius 3 is 2.65 bits per heavy atom. The van der Waals surface area contributed by atoms with Gasteiger partial charge in [-0.15, -0.1) is 0 Å². The standard InChI is InChI=1S/C12H10O5/c1-17-11(15)12(16)8-5-3-2-4-7(8)9(13)6-10(12)14/h2-6,13,16H,1H3. The number of methoxy groups -OCH3 is 1. The maximum atomic E-state index is 11.7. The summed E-state index contributed by atoms with van der Waals surface area (Å²) in [6.45, 7) is 0. The Hall–Kier alpha value is -2.14. The van der Waals surface area contributed by atoms with E-state index in [4.69, 9.17) is 0 Å². The maximum Gasteiger partial charge on any atom is 0.351 e. The Morgan fingerprint density at radius 2 is 2.00 bits per heavy atom. The van der Waals surface area contributed by atoms with Gasteiger partial charge in [-0.2, -0.15) is 0 Å². The molecule has 2 rings (SSSR count). The highest BCUT2D eigenvalue weighted by atomic mass is 16.5. The Labute approximate surface area is 97.0 Å². The molecule has 0 bridgehead atoms. The molecule has 0 aliphatic heterocycles. The molecule has 88 valence electrons. The molecule has 1 aliphatic rings. The van der Waals surface area contributed by atoms with Crippen LogP contribution in [0.25, 0.3) is 5.76 Å². The minimum absolute atomic E-state index is 0.0249. The van der Waals surface area contributed by atoms with Crippen molar-refractivity contribution in [1.29, 1.82) is 0 Å². The number of carbonyl (C=O) groups excluding carboxylic acids is 2. The molecule has 0 fully saturated rings. The van der Waals surface area contributed by atoms with E-state index < -0.39 is 17.4 Å². The zero-order valence-corrected chi connectivity index (χ0v) is 9.01. The van der Waals surface area contributed by atoms with Gasteiger partial charge in [-0.25, -0.2) is 4.79 Å². The Morgan fingerprint density at radius 1 is 1.35 bits per heavy atom. The van der Waals surface area contributed by atoms with Gasteiger partial charge in [-0.3, -0.25) is 4.79 Å². The van der Waals surface area contributed by atoms with Crippen LogP contribution in [0.4, 0.5) is 0 Å². The predicted molar refractivity (Wildman–Crippen MR) is 58.0 cm³/mol. The number of benzene rings is 1. The van der Waals surface area contributed by atoms with Gasteiger partial charge in [0.15, 0.2) is 0 Å². The molecule has 5 heteroatoms. The predicted octanol–water partition coefficient (Wildman–Crippen LogP) is 0.529. The summed E-state index contributed by atoms with van der Waals surface area (Å²) in [7, 11) is 1.08. The van der Waals surface area contributed by atoms with E-state index in [-0.39, 0.29) is 16.9 Å². The molecule has 1 atom stereocenters. The first-order valence-corrected chi connectivity index (χ1v) is 4.87. The van der Waals surface area contributed by atoms with Crippen LogP contribution in [0, 0.1) is 0 Å². The summed E-state index contributed by atoms with van der Waals surface area (Å²) >= 11 is 0. The summed E-state index contributed by atoms with van der Waals surface area (Å²) in [6, 6.07) is 6.07. The number of esters is 1. The molecule has 0 saturated heterocycles. The number of hydrogen-bond acceptors (Lipinski definition) is 5. The van der Waals surface area contributed by atoms with E-state index in [0.717, 1.165) is 13.2 Å². The number of hydrogen-bond donors (Lipinski definition) is 2. The molecule has 0 aromatic heterocycles. The Bertz CT molecular complexity index is 531. The molecule has 0 saturated carbocycles. The maximum absolute atomic E-state index is 11.7. The summed E-state index contributed by atoms with van der Waals surface area (Å²) in [5, 5.41) is 19.8. The lowest BCUT2D eigenvalue weighted by Gasteiger charge is -2.28. The van der Waals surface area contributed by atoms with Gasteiger partial charge in [0.05, 0.1) is 7.11 Å². The van der Waals surface area contributed by atoms with Crippen LogP contribution in [-0.2, 0) is 19.9 Å². The van der Waals surface area contributed by atoms with Crippen molar-refractivity contribution in [3.05, 3.63) is 41.5 Å². The second-order valence-corrected chi connectivity index (χ2v) is 3.64. The van der Waals surface area contributed by atoms with E-state index >= 15 is 0 Å². The minimum Gasteiger partial charge on any atom is -0.507 e. The molecule has 0 heterocycles. The van der Waals surface area contributed by atoms with Gasteiger partial charge >= 0.3 is 5.97 Å². The molecule has 0 spiro atoms. The second-order valence-electron chi connectivity index (χ2n) is 3.64. The van der Waals surface area contributed by atoms with Gasteiger partial charge in [0.2, 0.25) is 5.78 Å². The number of aliphatic hydroxyl groups excluding tert-OH is 1. The van der Waals surface area contributed by atoms with Crippen LogP contribution in [0.1, 0.15) is 11.1 Å². The van der Waals surface area contributed by atoms with Crippen LogP contribution in [0.3, 0.4) is 0 Å². The average molecular weight is 234 g/mol. The monoisotopic (exact) mass is 234 g/mol. The molecular weight excluding hydrogens is 224 g/mol. The summed E-state index contributed by atoms with van der Waals surface area (Å²) in [5.41, 5.74) is -2.12. The summed E-state index contributed by atoms with van der Waals surface area (Å²) in [5.74, 6) is -2.27. The van der Waals surface area contributed by atoms with Crippen LogP contribution in [0.2, 0.25) is 0 Å². The van der Waals surface area contributed by atoms with Gasteiger partial charge in [0.25, 0.3) is 5.60 Å². The molecule has 0 radical (unpaired) electrons. The van der Waals surface area contributed by atoms with Crippen molar-refractivity contribution < 1.29 is 24.5 Å². The first-order valence-electron chi connectivity index (χ1n) is 4.87. The molecule has 1 aromatic rings. The van der Waals surface area contributed by atoms with E-state index in [1.807, 2.05) is 0 Å². The molecule has 1 unspecified atom stereocenters. The van der Waals surface area contributed by atoms with Crippen molar-refractivity contribution >= 4 is 17.5 Å². The van der Waals surface area contributed by atoms with Gasteiger partial charge in [0.1, 0.15) is 5.76 Å². The van der Waals surface area contributed by atoms with Gasteiger partial charge in [0, 0.05) is 17.2 Å². The number of ketones is 1. The van der Waals surface area contributed by atoms with Crippen LogP contribution in [0.5, 0.6) is 0 Å². The number of ether oxygens (including phenoxy) is 1. The fraction of sp³-hybridized carbons (Fsp3) is 0.167. The van der Waals surface area contributed by atoms with Gasteiger partial charge in [-0.1, -0.05) is 24.3 Å². The lowest BCUT2D eigenvalue weighted by molar-refractivity contribution is -0.167. The van der Waals surface area contributed by atoms with Crippen LogP contribution < -0.4 is 0 Å². The normalized spacial score (nSPS) is 22.7. The second kappa shape index (κ2) is 3.71. The molecule has 0 amide bonds. The van der Waals surface area contributed by atoms with Gasteiger partial charge < -0.3 is 14.9 Å². The van der Waals surface area contributed by atoms with Crippen molar-refractivity contribution in [3.63, 3.8) is 0 Å². The van der Waals surface area contributed by atoms with Crippen molar-refractivity contribution in [3.8, 4) is 0 Å². The van der Waals surface area contributed by atoms with Crippen molar-refractivity contribution in [2.24, 2.45) is 0 Å². The third kappa shape index (κ3) is 1.43. The van der Waals surface area contributed by atoms with E-state index in [1.54, 1.807) is 12.1 Å². The highest BCUT2D eigenvalue weighted by Gasteiger charge is 2.49. The molecule has 2 N–H and O–H groups in total. The smallest absolute Gasteiger partial charge is 0.351 e. The number of rotatable bonds is 1. The third-order valence-corrected chi connectivity index (χ3v) is 2.70. The Balaban J connectivity index is 2.71. The lowest BCUT2D eigenvalue weighted by atomic mass is 9.81. The molecule has 17 heavy (non-hydrogen) atoms. The molecule has 5 nitrogen and oxygen atoms in total. The van der Waals surface area contributed by atoms with Gasteiger partial charge in [-0.05, 0) is 0 Å². The molecule has 1 aromatic carbocycles. The van der Waals surface area contributed by atoms with E-state index in [1.165, 1.54) is 12.1 Å². The molecular formula is C12H10O5. The largest absolute Gasteiger partial charge is 0.507 e. The zero-order valence-electron chi connectivity index (χ0n) is 9.01. The SMILES string of the molecule is COC(=O)C1(O)C(=O)C=C(O)c2ccccc21. The van der Waals surface area contributed by atoms with Crippen molar-refractivity contribution in [2.75, 3.05) is 7.11 Å². The zero-order chi connectivity index (χ0) is 12.6. The van der Waals surface area contributed by atoms with Crippen molar-refractivity contribution in [1.82, 2.24) is 0 Å². The first kappa shape index (κ1) is 11.3. The fourth-order valence-electron chi connectivity index (χ4n) is 1.82. The first-order chi connectivity index (χ1) is 8.01. The van der Waals surface area contributed by atoms with Crippen LogP contribution in [0.15, 0.2) is 30.3 Å². The molecule has 1 aliphatic carbocycles. The third-order valence-electron chi connectivity index (χ3n) is 2.70.